The van der Waals surface area contributed by atoms with Crippen LogP contribution in [0.25, 0.3) is 0 Å². The van der Waals surface area contributed by atoms with Gasteiger partial charge in [-0.05, 0) is 50.5 Å². The molecule has 2 heterocycles. The SMILES string of the molecule is CCCCN(CC)c1ccc(C(=O)N2CCCC(C3OCCO3)C2)cc1. The van der Waals surface area contributed by atoms with Crippen molar-refractivity contribution in [3.63, 3.8) is 0 Å². The second kappa shape index (κ2) is 9.38. The Labute approximate surface area is 157 Å². The highest BCUT2D eigenvalue weighted by Crippen LogP contribution is 2.26. The van der Waals surface area contributed by atoms with Gasteiger partial charge < -0.3 is 19.3 Å². The maximum Gasteiger partial charge on any atom is 0.253 e. The number of piperidine rings is 1. The summed E-state index contributed by atoms with van der Waals surface area (Å²) in [5.41, 5.74) is 1.97. The lowest BCUT2D eigenvalue weighted by Gasteiger charge is -2.34. The van der Waals surface area contributed by atoms with Crippen LogP contribution in [0, 0.1) is 5.92 Å². The zero-order valence-corrected chi connectivity index (χ0v) is 16.2. The lowest BCUT2D eigenvalue weighted by molar-refractivity contribution is -0.0969. The second-order valence-corrected chi connectivity index (χ2v) is 7.24. The van der Waals surface area contributed by atoms with Gasteiger partial charge in [0.05, 0.1) is 13.2 Å². The van der Waals surface area contributed by atoms with Gasteiger partial charge in [0.25, 0.3) is 5.91 Å². The van der Waals surface area contributed by atoms with Crippen molar-refractivity contribution in [3.05, 3.63) is 29.8 Å². The van der Waals surface area contributed by atoms with Crippen LogP contribution in [0.4, 0.5) is 5.69 Å². The average Bonchev–Trinajstić information content (AvgIpc) is 3.23. The number of hydrogen-bond acceptors (Lipinski definition) is 4. The molecule has 2 aliphatic heterocycles. The van der Waals surface area contributed by atoms with Gasteiger partial charge in [-0.3, -0.25) is 4.79 Å². The number of hydrogen-bond donors (Lipinski definition) is 0. The molecule has 0 saturated carbocycles. The molecule has 2 fully saturated rings. The third-order valence-electron chi connectivity index (χ3n) is 5.42. The molecule has 0 aromatic heterocycles. The molecule has 0 radical (unpaired) electrons. The van der Waals surface area contributed by atoms with Crippen molar-refractivity contribution in [2.45, 2.75) is 45.8 Å². The molecule has 1 aromatic carbocycles. The summed E-state index contributed by atoms with van der Waals surface area (Å²) in [7, 11) is 0. The molecule has 144 valence electrons. The fraction of sp³-hybridized carbons (Fsp3) is 0.667. The van der Waals surface area contributed by atoms with Gasteiger partial charge in [0, 0.05) is 43.3 Å². The van der Waals surface area contributed by atoms with Gasteiger partial charge in [-0.2, -0.15) is 0 Å². The highest BCUT2D eigenvalue weighted by molar-refractivity contribution is 5.94. The maximum atomic E-state index is 12.9. The second-order valence-electron chi connectivity index (χ2n) is 7.24. The molecule has 1 amide bonds. The van der Waals surface area contributed by atoms with Gasteiger partial charge in [-0.25, -0.2) is 0 Å². The molecular formula is C21H32N2O3. The van der Waals surface area contributed by atoms with Crippen LogP contribution in [-0.2, 0) is 9.47 Å². The first-order valence-corrected chi connectivity index (χ1v) is 10.1. The van der Waals surface area contributed by atoms with E-state index in [0.717, 1.165) is 44.6 Å². The minimum absolute atomic E-state index is 0.121. The van der Waals surface area contributed by atoms with Crippen molar-refractivity contribution in [2.24, 2.45) is 5.92 Å². The number of carbonyl (C=O) groups is 1. The Hall–Kier alpha value is -1.59. The average molecular weight is 360 g/mol. The summed E-state index contributed by atoms with van der Waals surface area (Å²) in [5.74, 6) is 0.412. The highest BCUT2D eigenvalue weighted by Gasteiger charge is 2.33. The molecule has 26 heavy (non-hydrogen) atoms. The van der Waals surface area contributed by atoms with E-state index in [1.54, 1.807) is 0 Å². The number of unbranched alkanes of at least 4 members (excludes halogenated alkanes) is 1. The van der Waals surface area contributed by atoms with E-state index in [2.05, 4.69) is 30.9 Å². The summed E-state index contributed by atoms with van der Waals surface area (Å²) in [4.78, 5) is 17.2. The lowest BCUT2D eigenvalue weighted by atomic mass is 9.96. The van der Waals surface area contributed by atoms with Crippen molar-refractivity contribution in [1.29, 1.82) is 0 Å². The van der Waals surface area contributed by atoms with E-state index >= 15 is 0 Å². The summed E-state index contributed by atoms with van der Waals surface area (Å²) in [6.45, 7) is 9.33. The molecule has 2 aliphatic rings. The number of benzene rings is 1. The summed E-state index contributed by atoms with van der Waals surface area (Å²) in [6, 6.07) is 8.10. The summed E-state index contributed by atoms with van der Waals surface area (Å²) >= 11 is 0. The Morgan fingerprint density at radius 1 is 1.19 bits per heavy atom. The van der Waals surface area contributed by atoms with Gasteiger partial charge >= 0.3 is 0 Å². The van der Waals surface area contributed by atoms with Crippen molar-refractivity contribution >= 4 is 11.6 Å². The Morgan fingerprint density at radius 3 is 2.58 bits per heavy atom. The van der Waals surface area contributed by atoms with E-state index in [1.165, 1.54) is 18.5 Å². The van der Waals surface area contributed by atoms with E-state index < -0.39 is 0 Å². The molecule has 0 bridgehead atoms. The van der Waals surface area contributed by atoms with Gasteiger partial charge in [0.1, 0.15) is 0 Å². The van der Waals surface area contributed by atoms with Crippen molar-refractivity contribution in [1.82, 2.24) is 4.90 Å². The molecule has 5 heteroatoms. The normalized spacial score (nSPS) is 21.2. The highest BCUT2D eigenvalue weighted by atomic mass is 16.7. The Balaban J connectivity index is 1.61. The van der Waals surface area contributed by atoms with E-state index in [1.807, 2.05) is 17.0 Å². The maximum absolute atomic E-state index is 12.9. The predicted molar refractivity (Wildman–Crippen MR) is 104 cm³/mol. The quantitative estimate of drug-likeness (QED) is 0.746. The van der Waals surface area contributed by atoms with Crippen LogP contribution in [0.5, 0.6) is 0 Å². The van der Waals surface area contributed by atoms with Crippen molar-refractivity contribution in [3.8, 4) is 0 Å². The summed E-state index contributed by atoms with van der Waals surface area (Å²) in [6.07, 6.45) is 4.32. The van der Waals surface area contributed by atoms with Gasteiger partial charge in [-0.15, -0.1) is 0 Å². The van der Waals surface area contributed by atoms with Gasteiger partial charge in [0.2, 0.25) is 0 Å². The number of likely N-dealkylation sites (tertiary alicyclic amines) is 1. The first-order chi connectivity index (χ1) is 12.7. The molecule has 3 rings (SSSR count). The number of ether oxygens (including phenoxy) is 2. The van der Waals surface area contributed by atoms with Crippen LogP contribution < -0.4 is 4.90 Å². The number of carbonyl (C=O) groups excluding carboxylic acids is 1. The van der Waals surface area contributed by atoms with E-state index in [0.29, 0.717) is 19.1 Å². The monoisotopic (exact) mass is 360 g/mol. The minimum atomic E-state index is -0.135. The van der Waals surface area contributed by atoms with Crippen LogP contribution >= 0.6 is 0 Å². The van der Waals surface area contributed by atoms with Crippen LogP contribution in [0.1, 0.15) is 49.9 Å². The zero-order valence-electron chi connectivity index (χ0n) is 16.2. The standard InChI is InChI=1S/C21H32N2O3/c1-3-5-12-22(4-2)19-10-8-17(9-11-19)20(24)23-13-6-7-18(16-23)21-25-14-15-26-21/h8-11,18,21H,3-7,12-16H2,1-2H3. The largest absolute Gasteiger partial charge is 0.372 e. The Bertz CT molecular complexity index is 569. The van der Waals surface area contributed by atoms with Crippen molar-refractivity contribution in [2.75, 3.05) is 44.3 Å². The van der Waals surface area contributed by atoms with Gasteiger partial charge in [-0.1, -0.05) is 13.3 Å². The van der Waals surface area contributed by atoms with Crippen LogP contribution in [0.15, 0.2) is 24.3 Å². The predicted octanol–water partition coefficient (Wildman–Crippen LogP) is 3.54. The van der Waals surface area contributed by atoms with E-state index in [4.69, 9.17) is 9.47 Å². The third kappa shape index (κ3) is 4.57. The molecule has 5 nitrogen and oxygen atoms in total. The Kier molecular flexibility index (Phi) is 6.92. The molecule has 2 saturated heterocycles. The summed E-state index contributed by atoms with van der Waals surface area (Å²) < 4.78 is 11.3. The minimum Gasteiger partial charge on any atom is -0.372 e. The number of rotatable bonds is 7. The van der Waals surface area contributed by atoms with Crippen LogP contribution in [0.2, 0.25) is 0 Å². The number of nitrogens with zero attached hydrogens (tertiary/aromatic N) is 2. The smallest absolute Gasteiger partial charge is 0.253 e. The number of anilines is 1. The van der Waals surface area contributed by atoms with Gasteiger partial charge in [0.15, 0.2) is 6.29 Å². The first kappa shape index (κ1) is 19.2. The van der Waals surface area contributed by atoms with Crippen LogP contribution in [-0.4, -0.2) is 56.5 Å². The topological polar surface area (TPSA) is 42.0 Å². The van der Waals surface area contributed by atoms with Crippen molar-refractivity contribution < 1.29 is 14.3 Å². The fourth-order valence-corrected chi connectivity index (χ4v) is 3.88. The molecular weight excluding hydrogens is 328 g/mol. The number of amides is 1. The Morgan fingerprint density at radius 2 is 1.92 bits per heavy atom. The molecule has 0 N–H and O–H groups in total. The molecule has 1 aromatic rings. The zero-order chi connectivity index (χ0) is 18.4. The molecule has 1 unspecified atom stereocenters. The summed E-state index contributed by atoms with van der Waals surface area (Å²) in [5, 5.41) is 0. The third-order valence-corrected chi connectivity index (χ3v) is 5.42. The van der Waals surface area contributed by atoms with E-state index in [9.17, 15) is 4.79 Å². The fourth-order valence-electron chi connectivity index (χ4n) is 3.88. The molecule has 1 atom stereocenters. The van der Waals surface area contributed by atoms with E-state index in [-0.39, 0.29) is 12.2 Å². The lowest BCUT2D eigenvalue weighted by Crippen LogP contribution is -2.43. The molecule has 0 spiro atoms. The van der Waals surface area contributed by atoms with Crippen LogP contribution in [0.3, 0.4) is 0 Å². The molecule has 0 aliphatic carbocycles. The first-order valence-electron chi connectivity index (χ1n) is 10.1.